The summed E-state index contributed by atoms with van der Waals surface area (Å²) in [7, 11) is 3.85. The number of allylic oxidation sites excluding steroid dienone is 1. The predicted octanol–water partition coefficient (Wildman–Crippen LogP) is 1.80. The lowest BCUT2D eigenvalue weighted by atomic mass is 9.88. The van der Waals surface area contributed by atoms with Crippen molar-refractivity contribution in [3.63, 3.8) is 0 Å². The molecule has 0 aliphatic carbocycles. The van der Waals surface area contributed by atoms with Gasteiger partial charge in [0.1, 0.15) is 5.56 Å². The molecule has 7 nitrogen and oxygen atoms in total. The van der Waals surface area contributed by atoms with Crippen LogP contribution in [-0.4, -0.2) is 53.4 Å². The van der Waals surface area contributed by atoms with Gasteiger partial charge in [0.15, 0.2) is 0 Å². The van der Waals surface area contributed by atoms with Crippen LogP contribution in [0.4, 0.5) is 0 Å². The molecule has 2 aliphatic rings. The maximum Gasteiger partial charge on any atom is 0.345 e. The molecular weight excluding hydrogens is 346 g/mol. The Hall–Kier alpha value is -2.57. The van der Waals surface area contributed by atoms with Crippen LogP contribution in [-0.2, 0) is 21.7 Å². The minimum atomic E-state index is -1.42. The Kier molecular flexibility index (Phi) is 4.88. The molecule has 0 N–H and O–H groups in total. The summed E-state index contributed by atoms with van der Waals surface area (Å²) in [5.74, 6) is -0.958. The second kappa shape index (κ2) is 6.87. The van der Waals surface area contributed by atoms with Crippen molar-refractivity contribution < 1.29 is 14.3 Å². The normalized spacial score (nSPS) is 21.8. The van der Waals surface area contributed by atoms with Gasteiger partial charge in [0.25, 0.3) is 11.5 Å². The number of amides is 1. The first-order valence-corrected chi connectivity index (χ1v) is 9.49. The van der Waals surface area contributed by atoms with E-state index in [9.17, 15) is 14.4 Å². The Morgan fingerprint density at radius 2 is 1.93 bits per heavy atom. The number of likely N-dealkylation sites (N-methyl/N-ethyl adjacent to an activating group) is 1. The molecule has 1 amide bonds. The topological polar surface area (TPSA) is 71.8 Å². The third-order valence-electron chi connectivity index (χ3n) is 5.45. The molecule has 0 bridgehead atoms. The third-order valence-corrected chi connectivity index (χ3v) is 5.45. The number of pyridine rings is 1. The molecule has 2 aliphatic heterocycles. The molecule has 0 saturated heterocycles. The fraction of sp³-hybridized carbons (Fsp3) is 0.550. The first-order chi connectivity index (χ1) is 12.8. The zero-order chi connectivity index (χ0) is 19.9. The Labute approximate surface area is 159 Å². The molecule has 0 spiro atoms. The zero-order valence-electron chi connectivity index (χ0n) is 16.7. The minimum Gasteiger partial charge on any atom is -0.440 e. The lowest BCUT2D eigenvalue weighted by Gasteiger charge is -2.32. The highest BCUT2D eigenvalue weighted by Crippen LogP contribution is 2.41. The SMILES string of the molecule is CCN(CC)C(=O)C1(CC)OC(=O)c2c1cc1n(c2=O)CC/C1=C\N(C)C. The highest BCUT2D eigenvalue weighted by Gasteiger charge is 2.53. The Morgan fingerprint density at radius 1 is 1.26 bits per heavy atom. The van der Waals surface area contributed by atoms with Crippen molar-refractivity contribution in [1.29, 1.82) is 0 Å². The zero-order valence-corrected chi connectivity index (χ0v) is 16.7. The highest BCUT2D eigenvalue weighted by molar-refractivity contribution is 6.02. The largest absolute Gasteiger partial charge is 0.440 e. The molecule has 1 atom stereocenters. The summed E-state index contributed by atoms with van der Waals surface area (Å²) in [4.78, 5) is 42.5. The molecule has 1 aromatic heterocycles. The Balaban J connectivity index is 2.25. The second-order valence-electron chi connectivity index (χ2n) is 7.19. The van der Waals surface area contributed by atoms with Gasteiger partial charge < -0.3 is 19.1 Å². The lowest BCUT2D eigenvalue weighted by Crippen LogP contribution is -2.47. The Morgan fingerprint density at radius 3 is 2.48 bits per heavy atom. The van der Waals surface area contributed by atoms with Crippen molar-refractivity contribution in [1.82, 2.24) is 14.4 Å². The molecule has 3 rings (SSSR count). The van der Waals surface area contributed by atoms with Gasteiger partial charge in [-0.05, 0) is 38.3 Å². The van der Waals surface area contributed by atoms with Crippen LogP contribution in [0.2, 0.25) is 0 Å². The number of fused-ring (bicyclic) bond motifs is 2. The average Bonchev–Trinajstić information content (AvgIpc) is 3.16. The quantitative estimate of drug-likeness (QED) is 0.736. The molecule has 3 heterocycles. The molecule has 1 aromatic rings. The molecular formula is C20H27N3O4. The van der Waals surface area contributed by atoms with Gasteiger partial charge in [-0.2, -0.15) is 0 Å². The maximum absolute atomic E-state index is 13.3. The molecule has 7 heteroatoms. The monoisotopic (exact) mass is 373 g/mol. The number of rotatable bonds is 5. The standard InChI is InChI=1S/C20H27N3O4/c1-6-20(19(26)22(7-2)8-3)14-11-15-13(12-21(4)5)9-10-23(15)17(24)16(14)18(25)27-20/h11-12H,6-10H2,1-5H3/b13-12+. The number of hydrogen-bond donors (Lipinski definition) is 0. The first kappa shape index (κ1) is 19.2. The van der Waals surface area contributed by atoms with E-state index in [1.807, 2.05) is 52.0 Å². The lowest BCUT2D eigenvalue weighted by molar-refractivity contribution is -0.152. The Bertz CT molecular complexity index is 880. The number of esters is 1. The molecule has 1 unspecified atom stereocenters. The van der Waals surface area contributed by atoms with E-state index in [2.05, 4.69) is 0 Å². The third kappa shape index (κ3) is 2.76. The van der Waals surface area contributed by atoms with Gasteiger partial charge in [-0.1, -0.05) is 6.92 Å². The number of hydrogen-bond acceptors (Lipinski definition) is 5. The van der Waals surface area contributed by atoms with E-state index in [-0.39, 0.29) is 23.5 Å². The van der Waals surface area contributed by atoms with E-state index >= 15 is 0 Å². The number of carbonyl (C=O) groups excluding carboxylic acids is 2. The summed E-state index contributed by atoms with van der Waals surface area (Å²) >= 11 is 0. The van der Waals surface area contributed by atoms with Gasteiger partial charge in [-0.15, -0.1) is 0 Å². The fourth-order valence-corrected chi connectivity index (χ4v) is 4.06. The molecule has 0 saturated carbocycles. The van der Waals surface area contributed by atoms with Crippen LogP contribution < -0.4 is 5.56 Å². The van der Waals surface area contributed by atoms with Crippen molar-refractivity contribution in [3.05, 3.63) is 39.4 Å². The van der Waals surface area contributed by atoms with E-state index < -0.39 is 11.6 Å². The van der Waals surface area contributed by atoms with Crippen LogP contribution in [0.5, 0.6) is 0 Å². The number of carbonyl (C=O) groups is 2. The van der Waals surface area contributed by atoms with Gasteiger partial charge in [0.2, 0.25) is 5.60 Å². The van der Waals surface area contributed by atoms with Crippen LogP contribution in [0.1, 0.15) is 55.2 Å². The average molecular weight is 373 g/mol. The van der Waals surface area contributed by atoms with Crippen molar-refractivity contribution in [2.24, 2.45) is 0 Å². The van der Waals surface area contributed by atoms with E-state index in [1.165, 1.54) is 0 Å². The molecule has 146 valence electrons. The summed E-state index contributed by atoms with van der Waals surface area (Å²) in [5.41, 5.74) is 0.411. The van der Waals surface area contributed by atoms with Gasteiger partial charge >= 0.3 is 5.97 Å². The molecule has 27 heavy (non-hydrogen) atoms. The van der Waals surface area contributed by atoms with Crippen molar-refractivity contribution in [2.75, 3.05) is 27.2 Å². The summed E-state index contributed by atoms with van der Waals surface area (Å²) in [6.45, 7) is 7.14. The van der Waals surface area contributed by atoms with Gasteiger partial charge in [-0.3, -0.25) is 9.59 Å². The van der Waals surface area contributed by atoms with Gasteiger partial charge in [0.05, 0.1) is 0 Å². The van der Waals surface area contributed by atoms with Crippen LogP contribution >= 0.6 is 0 Å². The summed E-state index contributed by atoms with van der Waals surface area (Å²) in [5, 5.41) is 0. The van der Waals surface area contributed by atoms with E-state index in [1.54, 1.807) is 9.47 Å². The van der Waals surface area contributed by atoms with Crippen molar-refractivity contribution in [2.45, 2.75) is 45.8 Å². The number of ether oxygens (including phenoxy) is 1. The highest BCUT2D eigenvalue weighted by atomic mass is 16.6. The fourth-order valence-electron chi connectivity index (χ4n) is 4.06. The maximum atomic E-state index is 13.3. The number of aromatic nitrogens is 1. The number of cyclic esters (lactones) is 1. The predicted molar refractivity (Wildman–Crippen MR) is 102 cm³/mol. The van der Waals surface area contributed by atoms with Crippen LogP contribution in [0.25, 0.3) is 5.57 Å². The van der Waals surface area contributed by atoms with E-state index in [0.29, 0.717) is 31.6 Å². The van der Waals surface area contributed by atoms with Gasteiger partial charge in [0, 0.05) is 51.2 Å². The van der Waals surface area contributed by atoms with Crippen molar-refractivity contribution in [3.8, 4) is 0 Å². The molecule has 0 radical (unpaired) electrons. The second-order valence-corrected chi connectivity index (χ2v) is 7.19. The summed E-state index contributed by atoms with van der Waals surface area (Å²) < 4.78 is 7.23. The summed E-state index contributed by atoms with van der Waals surface area (Å²) in [6, 6.07) is 1.81. The molecule has 0 aromatic carbocycles. The van der Waals surface area contributed by atoms with Crippen LogP contribution in [0.3, 0.4) is 0 Å². The van der Waals surface area contributed by atoms with Gasteiger partial charge in [-0.25, -0.2) is 4.79 Å². The van der Waals surface area contributed by atoms with Crippen LogP contribution in [0.15, 0.2) is 17.1 Å². The smallest absolute Gasteiger partial charge is 0.345 e. The summed E-state index contributed by atoms with van der Waals surface area (Å²) in [6.07, 6.45) is 2.98. The first-order valence-electron chi connectivity index (χ1n) is 9.49. The van der Waals surface area contributed by atoms with Crippen molar-refractivity contribution >= 4 is 17.4 Å². The number of nitrogens with zero attached hydrogens (tertiary/aromatic N) is 3. The van der Waals surface area contributed by atoms with Crippen LogP contribution in [0, 0.1) is 0 Å². The van der Waals surface area contributed by atoms with E-state index in [0.717, 1.165) is 11.3 Å². The van der Waals surface area contributed by atoms with E-state index in [4.69, 9.17) is 4.74 Å². The minimum absolute atomic E-state index is 0.00668. The molecule has 0 fully saturated rings.